The lowest BCUT2D eigenvalue weighted by Gasteiger charge is -2.29. The predicted molar refractivity (Wildman–Crippen MR) is 68.4 cm³/mol. The third-order valence-electron chi connectivity index (χ3n) is 3.02. The van der Waals surface area contributed by atoms with Gasteiger partial charge in [-0.05, 0) is 11.4 Å². The highest BCUT2D eigenvalue weighted by Gasteiger charge is 2.25. The van der Waals surface area contributed by atoms with Gasteiger partial charge in [0.2, 0.25) is 0 Å². The fourth-order valence-corrected chi connectivity index (χ4v) is 2.87. The fraction of sp³-hybridized carbons (Fsp3) is 0.583. The van der Waals surface area contributed by atoms with Gasteiger partial charge in [-0.25, -0.2) is 0 Å². The summed E-state index contributed by atoms with van der Waals surface area (Å²) in [7, 11) is 1.46. The Labute approximate surface area is 106 Å². The number of ether oxygens (including phenoxy) is 1. The van der Waals surface area contributed by atoms with Crippen LogP contribution < -0.4 is 5.32 Å². The highest BCUT2D eigenvalue weighted by atomic mass is 32.1. The van der Waals surface area contributed by atoms with E-state index in [9.17, 15) is 4.79 Å². The molecule has 1 saturated heterocycles. The molecule has 1 atom stereocenters. The number of carbonyl (C=O) groups is 1. The second kappa shape index (κ2) is 6.14. The molecule has 5 heteroatoms. The molecule has 4 nitrogen and oxygen atoms in total. The maximum Gasteiger partial charge on any atom is 0.315 e. The first-order valence-electron chi connectivity index (χ1n) is 5.85. The molecule has 1 aromatic rings. The van der Waals surface area contributed by atoms with E-state index < -0.39 is 0 Å². The summed E-state index contributed by atoms with van der Waals surface area (Å²) in [5.41, 5.74) is 0. The van der Waals surface area contributed by atoms with E-state index in [1.165, 1.54) is 7.11 Å². The summed E-state index contributed by atoms with van der Waals surface area (Å²) < 4.78 is 4.90. The monoisotopic (exact) mass is 254 g/mol. The summed E-state index contributed by atoms with van der Waals surface area (Å²) in [5, 5.41) is 5.31. The molecule has 2 heterocycles. The summed E-state index contributed by atoms with van der Waals surface area (Å²) in [6, 6.07) is 3.99. The van der Waals surface area contributed by atoms with E-state index in [2.05, 4.69) is 10.2 Å². The van der Waals surface area contributed by atoms with Crippen molar-refractivity contribution in [3.63, 3.8) is 0 Å². The molecular weight excluding hydrogens is 236 g/mol. The van der Waals surface area contributed by atoms with Gasteiger partial charge in [0.15, 0.2) is 0 Å². The molecule has 0 aliphatic carbocycles. The van der Waals surface area contributed by atoms with Gasteiger partial charge < -0.3 is 10.1 Å². The predicted octanol–water partition coefficient (Wildman–Crippen LogP) is 0.910. The molecule has 1 N–H and O–H groups in total. The van der Waals surface area contributed by atoms with E-state index >= 15 is 0 Å². The number of thiophene rings is 1. The lowest BCUT2D eigenvalue weighted by Crippen LogP contribution is -2.45. The minimum atomic E-state index is -0.141. The number of rotatable bonds is 4. The molecule has 0 spiro atoms. The summed E-state index contributed by atoms with van der Waals surface area (Å²) in [6.45, 7) is 4.75. The van der Waals surface area contributed by atoms with Crippen LogP contribution in [0.3, 0.4) is 0 Å². The van der Waals surface area contributed by atoms with Gasteiger partial charge in [-0.3, -0.25) is 9.69 Å². The number of nitrogens with zero attached hydrogens (tertiary/aromatic N) is 1. The summed E-state index contributed by atoms with van der Waals surface area (Å²) >= 11 is 1.62. The number of carbonyl (C=O) groups excluding carboxylic acids is 1. The van der Waals surface area contributed by atoms with Crippen LogP contribution in [0, 0.1) is 0 Å². The summed E-state index contributed by atoms with van der Waals surface area (Å²) in [5.74, 6) is -0.274. The SMILES string of the molecule is COC(=O)C(CN1CCNCC1)c1cccs1. The maximum atomic E-state index is 11.8. The van der Waals surface area contributed by atoms with Crippen LogP contribution in [0.4, 0.5) is 0 Å². The van der Waals surface area contributed by atoms with Crippen molar-refractivity contribution in [3.05, 3.63) is 22.4 Å². The van der Waals surface area contributed by atoms with Crippen molar-refractivity contribution in [1.29, 1.82) is 0 Å². The van der Waals surface area contributed by atoms with Gasteiger partial charge in [0.1, 0.15) is 5.92 Å². The average Bonchev–Trinajstić information content (AvgIpc) is 2.90. The first-order chi connectivity index (χ1) is 8.31. The average molecular weight is 254 g/mol. The van der Waals surface area contributed by atoms with Crippen molar-refractivity contribution in [1.82, 2.24) is 10.2 Å². The molecule has 1 aliphatic heterocycles. The Bertz CT molecular complexity index is 347. The Morgan fingerprint density at radius 3 is 2.94 bits per heavy atom. The van der Waals surface area contributed by atoms with Crippen LogP contribution in [0.25, 0.3) is 0 Å². The second-order valence-corrected chi connectivity index (χ2v) is 5.12. The molecule has 1 unspecified atom stereocenters. The topological polar surface area (TPSA) is 41.6 Å². The van der Waals surface area contributed by atoms with Crippen molar-refractivity contribution < 1.29 is 9.53 Å². The summed E-state index contributed by atoms with van der Waals surface area (Å²) in [6.07, 6.45) is 0. The van der Waals surface area contributed by atoms with Gasteiger partial charge in [0.05, 0.1) is 7.11 Å². The smallest absolute Gasteiger partial charge is 0.315 e. The van der Waals surface area contributed by atoms with Crippen LogP contribution in [0.1, 0.15) is 10.8 Å². The quantitative estimate of drug-likeness (QED) is 0.811. The Morgan fingerprint density at radius 1 is 1.59 bits per heavy atom. The number of esters is 1. The van der Waals surface area contributed by atoms with E-state index in [0.717, 1.165) is 37.6 Å². The fourth-order valence-electron chi connectivity index (χ4n) is 2.06. The molecule has 1 aromatic heterocycles. The number of hydrogen-bond donors (Lipinski definition) is 1. The Morgan fingerprint density at radius 2 is 2.35 bits per heavy atom. The lowest BCUT2D eigenvalue weighted by molar-refractivity contribution is -0.142. The van der Waals surface area contributed by atoms with Gasteiger partial charge in [0.25, 0.3) is 0 Å². The minimum Gasteiger partial charge on any atom is -0.468 e. The van der Waals surface area contributed by atoms with Crippen LogP contribution in [0.2, 0.25) is 0 Å². The zero-order valence-electron chi connectivity index (χ0n) is 10.0. The van der Waals surface area contributed by atoms with Gasteiger partial charge in [0, 0.05) is 37.6 Å². The van der Waals surface area contributed by atoms with Crippen molar-refractivity contribution >= 4 is 17.3 Å². The number of nitrogens with one attached hydrogen (secondary N) is 1. The van der Waals surface area contributed by atoms with Crippen molar-refractivity contribution in [2.75, 3.05) is 39.8 Å². The maximum absolute atomic E-state index is 11.8. The number of piperazine rings is 1. The van der Waals surface area contributed by atoms with Crippen LogP contribution >= 0.6 is 11.3 Å². The van der Waals surface area contributed by atoms with E-state index in [1.54, 1.807) is 11.3 Å². The Balaban J connectivity index is 2.02. The van der Waals surface area contributed by atoms with Crippen molar-refractivity contribution in [3.8, 4) is 0 Å². The van der Waals surface area contributed by atoms with Crippen LogP contribution in [0.5, 0.6) is 0 Å². The molecule has 17 heavy (non-hydrogen) atoms. The molecule has 0 aromatic carbocycles. The third kappa shape index (κ3) is 3.28. The third-order valence-corrected chi connectivity index (χ3v) is 4.01. The molecule has 0 radical (unpaired) electrons. The highest BCUT2D eigenvalue weighted by Crippen LogP contribution is 2.23. The minimum absolute atomic E-state index is 0.133. The van der Waals surface area contributed by atoms with Crippen LogP contribution in [-0.4, -0.2) is 50.7 Å². The van der Waals surface area contributed by atoms with Gasteiger partial charge >= 0.3 is 5.97 Å². The number of methoxy groups -OCH3 is 1. The first kappa shape index (κ1) is 12.5. The van der Waals surface area contributed by atoms with E-state index in [1.807, 2.05) is 17.5 Å². The highest BCUT2D eigenvalue weighted by molar-refractivity contribution is 7.10. The van der Waals surface area contributed by atoms with Gasteiger partial charge in [-0.2, -0.15) is 0 Å². The number of hydrogen-bond acceptors (Lipinski definition) is 5. The summed E-state index contributed by atoms with van der Waals surface area (Å²) in [4.78, 5) is 15.2. The molecular formula is C12H18N2O2S. The second-order valence-electron chi connectivity index (χ2n) is 4.14. The molecule has 94 valence electrons. The molecule has 1 fully saturated rings. The Kier molecular flexibility index (Phi) is 4.53. The van der Waals surface area contributed by atoms with Crippen LogP contribution in [0.15, 0.2) is 17.5 Å². The van der Waals surface area contributed by atoms with Crippen molar-refractivity contribution in [2.24, 2.45) is 0 Å². The largest absolute Gasteiger partial charge is 0.468 e. The molecule has 2 rings (SSSR count). The molecule has 1 aliphatic rings. The first-order valence-corrected chi connectivity index (χ1v) is 6.73. The van der Waals surface area contributed by atoms with E-state index in [-0.39, 0.29) is 11.9 Å². The van der Waals surface area contributed by atoms with Crippen molar-refractivity contribution in [2.45, 2.75) is 5.92 Å². The normalized spacial score (nSPS) is 18.9. The van der Waals surface area contributed by atoms with E-state index in [0.29, 0.717) is 0 Å². The van der Waals surface area contributed by atoms with Gasteiger partial charge in [-0.1, -0.05) is 6.07 Å². The van der Waals surface area contributed by atoms with Gasteiger partial charge in [-0.15, -0.1) is 11.3 Å². The molecule has 0 amide bonds. The lowest BCUT2D eigenvalue weighted by atomic mass is 10.1. The molecule has 0 saturated carbocycles. The molecule has 0 bridgehead atoms. The zero-order chi connectivity index (χ0) is 12.1. The Hall–Kier alpha value is -0.910. The zero-order valence-corrected chi connectivity index (χ0v) is 10.8. The standard InChI is InChI=1S/C12H18N2O2S/c1-16-12(15)10(11-3-2-8-17-11)9-14-6-4-13-5-7-14/h2-3,8,10,13H,4-7,9H2,1H3. The van der Waals surface area contributed by atoms with Crippen LogP contribution in [-0.2, 0) is 9.53 Å². The van der Waals surface area contributed by atoms with E-state index in [4.69, 9.17) is 4.74 Å².